The lowest BCUT2D eigenvalue weighted by atomic mass is 9.86. The predicted octanol–water partition coefficient (Wildman–Crippen LogP) is 2.92. The Balaban J connectivity index is 1.60. The molecule has 3 heteroatoms. The molecule has 0 amide bonds. The molecule has 3 rings (SSSR count). The maximum absolute atomic E-state index is 11.4. The van der Waals surface area contributed by atoms with Gasteiger partial charge in [-0.3, -0.25) is 4.79 Å². The fraction of sp³-hybridized carbons (Fsp3) is 0.938. The van der Waals surface area contributed by atoms with E-state index in [1.807, 2.05) is 0 Å². The van der Waals surface area contributed by atoms with Crippen molar-refractivity contribution in [2.24, 2.45) is 0 Å². The molecule has 3 nitrogen and oxygen atoms in total. The van der Waals surface area contributed by atoms with Crippen LogP contribution in [0.2, 0.25) is 0 Å². The van der Waals surface area contributed by atoms with Crippen LogP contribution < -0.4 is 0 Å². The molecular formula is C16H27NO2. The molecule has 2 saturated carbocycles. The molecule has 2 aliphatic carbocycles. The van der Waals surface area contributed by atoms with E-state index in [0.717, 1.165) is 32.3 Å². The molecule has 19 heavy (non-hydrogen) atoms. The van der Waals surface area contributed by atoms with Crippen LogP contribution in [0.4, 0.5) is 0 Å². The third kappa shape index (κ3) is 2.87. The lowest BCUT2D eigenvalue weighted by Gasteiger charge is -2.45. The van der Waals surface area contributed by atoms with E-state index < -0.39 is 0 Å². The molecule has 0 aromatic carbocycles. The quantitative estimate of drug-likeness (QED) is 0.769. The minimum absolute atomic E-state index is 0.210. The predicted molar refractivity (Wildman–Crippen MR) is 75.2 cm³/mol. The van der Waals surface area contributed by atoms with Crippen molar-refractivity contribution in [3.8, 4) is 0 Å². The summed E-state index contributed by atoms with van der Waals surface area (Å²) in [6, 6.07) is 1.30. The Hall–Kier alpha value is -0.410. The van der Waals surface area contributed by atoms with E-state index >= 15 is 0 Å². The van der Waals surface area contributed by atoms with E-state index in [4.69, 9.17) is 4.74 Å². The minimum Gasteiger partial charge on any atom is -0.375 e. The van der Waals surface area contributed by atoms with Crippen LogP contribution in [0.5, 0.6) is 0 Å². The second-order valence-electron chi connectivity index (χ2n) is 6.82. The highest BCUT2D eigenvalue weighted by atomic mass is 16.5. The average molecular weight is 265 g/mol. The third-order valence-corrected chi connectivity index (χ3v) is 5.65. The number of carbonyl (C=O) groups excluding carboxylic acids is 1. The van der Waals surface area contributed by atoms with Crippen molar-refractivity contribution in [2.45, 2.75) is 81.9 Å². The number of Topliss-reactive ketones (excluding diaryl/α,β-unsaturated/α-hetero) is 1. The summed E-state index contributed by atoms with van der Waals surface area (Å²) in [6.07, 6.45) is 11.3. The molecule has 108 valence electrons. The molecule has 0 radical (unpaired) electrons. The van der Waals surface area contributed by atoms with E-state index in [2.05, 4.69) is 11.9 Å². The zero-order chi connectivity index (χ0) is 13.3. The largest absolute Gasteiger partial charge is 0.375 e. The van der Waals surface area contributed by atoms with Crippen molar-refractivity contribution < 1.29 is 9.53 Å². The minimum atomic E-state index is 0.210. The van der Waals surface area contributed by atoms with Gasteiger partial charge in [-0.2, -0.15) is 0 Å². The first-order valence-electron chi connectivity index (χ1n) is 8.06. The van der Waals surface area contributed by atoms with E-state index in [0.29, 0.717) is 17.9 Å². The van der Waals surface area contributed by atoms with Gasteiger partial charge in [0.2, 0.25) is 0 Å². The van der Waals surface area contributed by atoms with Gasteiger partial charge in [-0.05, 0) is 45.6 Å². The fourth-order valence-corrected chi connectivity index (χ4v) is 4.35. The van der Waals surface area contributed by atoms with Crippen LogP contribution in [-0.2, 0) is 9.53 Å². The number of rotatable bonds is 2. The first-order valence-corrected chi connectivity index (χ1v) is 8.06. The summed E-state index contributed by atoms with van der Waals surface area (Å²) in [4.78, 5) is 14.0. The summed E-state index contributed by atoms with van der Waals surface area (Å²) >= 11 is 0. The molecule has 0 aromatic rings. The summed E-state index contributed by atoms with van der Waals surface area (Å²) in [5.41, 5.74) is 0.210. The van der Waals surface area contributed by atoms with Crippen LogP contribution >= 0.6 is 0 Å². The zero-order valence-corrected chi connectivity index (χ0v) is 12.2. The Labute approximate surface area is 116 Å². The molecule has 1 atom stereocenters. The van der Waals surface area contributed by atoms with Gasteiger partial charge in [0.1, 0.15) is 5.78 Å². The second kappa shape index (κ2) is 5.53. The Morgan fingerprint density at radius 3 is 2.47 bits per heavy atom. The molecule has 1 saturated heterocycles. The zero-order valence-electron chi connectivity index (χ0n) is 12.2. The molecule has 3 aliphatic rings. The van der Waals surface area contributed by atoms with Gasteiger partial charge in [0, 0.05) is 31.5 Å². The van der Waals surface area contributed by atoms with Gasteiger partial charge in [0.25, 0.3) is 0 Å². The fourth-order valence-electron chi connectivity index (χ4n) is 4.35. The molecule has 0 N–H and O–H groups in total. The van der Waals surface area contributed by atoms with Gasteiger partial charge < -0.3 is 9.64 Å². The lowest BCUT2D eigenvalue weighted by molar-refractivity contribution is -0.123. The van der Waals surface area contributed by atoms with Crippen LogP contribution in [0.15, 0.2) is 0 Å². The van der Waals surface area contributed by atoms with Crippen LogP contribution in [0.25, 0.3) is 0 Å². The highest BCUT2D eigenvalue weighted by molar-refractivity contribution is 5.79. The van der Waals surface area contributed by atoms with Gasteiger partial charge in [-0.15, -0.1) is 0 Å². The first-order chi connectivity index (χ1) is 9.19. The lowest BCUT2D eigenvalue weighted by Crippen LogP contribution is -2.50. The summed E-state index contributed by atoms with van der Waals surface area (Å²) in [5, 5.41) is 0. The van der Waals surface area contributed by atoms with E-state index in [-0.39, 0.29) is 5.60 Å². The van der Waals surface area contributed by atoms with E-state index in [9.17, 15) is 4.79 Å². The first kappa shape index (κ1) is 13.6. The Morgan fingerprint density at radius 2 is 1.79 bits per heavy atom. The van der Waals surface area contributed by atoms with Gasteiger partial charge in [0.15, 0.2) is 0 Å². The standard InChI is InChI=1S/C16H27NO2/c1-17(13-4-6-15(18)7-5-13)14-8-11-19-16(12-14)9-2-3-10-16/h13-14H,2-12H2,1H3. The third-order valence-electron chi connectivity index (χ3n) is 5.65. The van der Waals surface area contributed by atoms with Crippen LogP contribution in [0, 0.1) is 0 Å². The van der Waals surface area contributed by atoms with Crippen molar-refractivity contribution >= 4 is 5.78 Å². The highest BCUT2D eigenvalue weighted by Crippen LogP contribution is 2.41. The maximum atomic E-state index is 11.4. The number of hydrogen-bond donors (Lipinski definition) is 0. The van der Waals surface area contributed by atoms with Crippen LogP contribution in [0.1, 0.15) is 64.2 Å². The Kier molecular flexibility index (Phi) is 3.95. The van der Waals surface area contributed by atoms with E-state index in [1.54, 1.807) is 0 Å². The normalized spacial score (nSPS) is 32.3. The Morgan fingerprint density at radius 1 is 1.11 bits per heavy atom. The number of hydrogen-bond acceptors (Lipinski definition) is 3. The molecule has 0 aromatic heterocycles. The number of ether oxygens (including phenoxy) is 1. The molecule has 1 unspecified atom stereocenters. The number of nitrogens with zero attached hydrogens (tertiary/aromatic N) is 1. The monoisotopic (exact) mass is 265 g/mol. The molecular weight excluding hydrogens is 238 g/mol. The number of carbonyl (C=O) groups is 1. The van der Waals surface area contributed by atoms with Gasteiger partial charge in [-0.25, -0.2) is 0 Å². The van der Waals surface area contributed by atoms with Gasteiger partial charge >= 0.3 is 0 Å². The Bertz CT molecular complexity index is 326. The molecule has 0 bridgehead atoms. The number of ketones is 1. The molecule has 1 aliphatic heterocycles. The second-order valence-corrected chi connectivity index (χ2v) is 6.82. The summed E-state index contributed by atoms with van der Waals surface area (Å²) in [5.74, 6) is 0.462. The van der Waals surface area contributed by atoms with Crippen molar-refractivity contribution in [2.75, 3.05) is 13.7 Å². The van der Waals surface area contributed by atoms with Gasteiger partial charge in [-0.1, -0.05) is 12.8 Å². The van der Waals surface area contributed by atoms with Crippen molar-refractivity contribution in [1.82, 2.24) is 4.90 Å². The van der Waals surface area contributed by atoms with Crippen molar-refractivity contribution in [3.63, 3.8) is 0 Å². The topological polar surface area (TPSA) is 29.5 Å². The maximum Gasteiger partial charge on any atom is 0.133 e. The van der Waals surface area contributed by atoms with Crippen LogP contribution in [0.3, 0.4) is 0 Å². The van der Waals surface area contributed by atoms with Crippen molar-refractivity contribution in [3.05, 3.63) is 0 Å². The van der Waals surface area contributed by atoms with E-state index in [1.165, 1.54) is 38.5 Å². The summed E-state index contributed by atoms with van der Waals surface area (Å²) in [6.45, 7) is 0.931. The SMILES string of the molecule is CN(C1CCC(=O)CC1)C1CCOC2(CCCC2)C1. The molecule has 1 heterocycles. The average Bonchev–Trinajstić information content (AvgIpc) is 2.87. The summed E-state index contributed by atoms with van der Waals surface area (Å²) < 4.78 is 6.13. The smallest absolute Gasteiger partial charge is 0.133 e. The molecule has 3 fully saturated rings. The van der Waals surface area contributed by atoms with Gasteiger partial charge in [0.05, 0.1) is 5.60 Å². The highest BCUT2D eigenvalue weighted by Gasteiger charge is 2.42. The van der Waals surface area contributed by atoms with Crippen molar-refractivity contribution in [1.29, 1.82) is 0 Å². The van der Waals surface area contributed by atoms with Crippen LogP contribution in [-0.4, -0.2) is 42.0 Å². The summed E-state index contributed by atoms with van der Waals surface area (Å²) in [7, 11) is 2.28. The molecule has 1 spiro atoms.